The van der Waals surface area contributed by atoms with Gasteiger partial charge in [0, 0.05) is 6.04 Å². The van der Waals surface area contributed by atoms with Gasteiger partial charge in [-0.3, -0.25) is 4.79 Å². The molecule has 0 heterocycles. The highest BCUT2D eigenvalue weighted by molar-refractivity contribution is 7.98. The van der Waals surface area contributed by atoms with Gasteiger partial charge in [-0.05, 0) is 31.3 Å². The first-order valence-electron chi connectivity index (χ1n) is 5.38. The third-order valence-corrected chi connectivity index (χ3v) is 3.02. The van der Waals surface area contributed by atoms with Gasteiger partial charge >= 0.3 is 5.97 Å². The van der Waals surface area contributed by atoms with Crippen LogP contribution >= 0.6 is 11.8 Å². The predicted molar refractivity (Wildman–Crippen MR) is 63.6 cm³/mol. The SMILES string of the molecule is CSCCC(NC(=O)CNC1CC1)C(=O)O. The maximum Gasteiger partial charge on any atom is 0.326 e. The molecule has 0 spiro atoms. The summed E-state index contributed by atoms with van der Waals surface area (Å²) in [4.78, 5) is 22.3. The monoisotopic (exact) mass is 246 g/mol. The zero-order valence-corrected chi connectivity index (χ0v) is 10.2. The summed E-state index contributed by atoms with van der Waals surface area (Å²) in [5, 5.41) is 14.5. The summed E-state index contributed by atoms with van der Waals surface area (Å²) in [6.45, 7) is 0.216. The number of carbonyl (C=O) groups excluding carboxylic acids is 1. The molecule has 0 aliphatic heterocycles. The second-order valence-electron chi connectivity index (χ2n) is 3.89. The van der Waals surface area contributed by atoms with Crippen LogP contribution < -0.4 is 10.6 Å². The van der Waals surface area contributed by atoms with Gasteiger partial charge in [-0.2, -0.15) is 11.8 Å². The van der Waals surface area contributed by atoms with E-state index in [1.807, 2.05) is 6.26 Å². The summed E-state index contributed by atoms with van der Waals surface area (Å²) in [5.41, 5.74) is 0. The van der Waals surface area contributed by atoms with Crippen LogP contribution in [0, 0.1) is 0 Å². The van der Waals surface area contributed by atoms with Crippen molar-refractivity contribution in [2.45, 2.75) is 31.3 Å². The standard InChI is InChI=1S/C10H18N2O3S/c1-16-5-4-8(10(14)15)12-9(13)6-11-7-2-3-7/h7-8,11H,2-6H2,1H3,(H,12,13)(H,14,15). The van der Waals surface area contributed by atoms with Gasteiger partial charge in [-0.15, -0.1) is 0 Å². The van der Waals surface area contributed by atoms with E-state index in [2.05, 4.69) is 10.6 Å². The first-order valence-corrected chi connectivity index (χ1v) is 6.77. The third-order valence-electron chi connectivity index (χ3n) is 2.37. The Hall–Kier alpha value is -0.750. The number of nitrogens with one attached hydrogen (secondary N) is 2. The van der Waals surface area contributed by atoms with Crippen molar-refractivity contribution in [2.24, 2.45) is 0 Å². The maximum atomic E-state index is 11.4. The molecule has 1 aliphatic rings. The van der Waals surface area contributed by atoms with Crippen LogP contribution in [0.3, 0.4) is 0 Å². The van der Waals surface area contributed by atoms with E-state index in [0.717, 1.165) is 18.6 Å². The molecule has 0 saturated heterocycles. The third kappa shape index (κ3) is 5.37. The molecule has 1 unspecified atom stereocenters. The second kappa shape index (κ2) is 6.75. The molecule has 5 nitrogen and oxygen atoms in total. The highest BCUT2D eigenvalue weighted by Gasteiger charge is 2.23. The minimum absolute atomic E-state index is 0.216. The van der Waals surface area contributed by atoms with Crippen LogP contribution in [-0.4, -0.2) is 47.6 Å². The summed E-state index contributed by atoms with van der Waals surface area (Å²) in [6, 6.07) is -0.304. The Bertz CT molecular complexity index is 256. The Labute approximate surface area is 99.4 Å². The smallest absolute Gasteiger partial charge is 0.326 e. The fraction of sp³-hybridized carbons (Fsp3) is 0.800. The molecule has 16 heavy (non-hydrogen) atoms. The van der Waals surface area contributed by atoms with Gasteiger partial charge in [0.15, 0.2) is 0 Å². The van der Waals surface area contributed by atoms with E-state index < -0.39 is 12.0 Å². The maximum absolute atomic E-state index is 11.4. The summed E-state index contributed by atoms with van der Waals surface area (Å²) in [6.07, 6.45) is 4.60. The molecule has 3 N–H and O–H groups in total. The summed E-state index contributed by atoms with van der Waals surface area (Å²) in [5.74, 6) is -0.470. The van der Waals surface area contributed by atoms with Crippen LogP contribution in [0.2, 0.25) is 0 Å². The van der Waals surface area contributed by atoms with Gasteiger partial charge in [0.1, 0.15) is 6.04 Å². The molecule has 0 aromatic carbocycles. The first-order chi connectivity index (χ1) is 7.63. The molecule has 1 rings (SSSR count). The van der Waals surface area contributed by atoms with Crippen LogP contribution in [-0.2, 0) is 9.59 Å². The van der Waals surface area contributed by atoms with Crippen molar-refractivity contribution in [3.05, 3.63) is 0 Å². The number of amides is 1. The lowest BCUT2D eigenvalue weighted by Gasteiger charge is -2.14. The highest BCUT2D eigenvalue weighted by Crippen LogP contribution is 2.17. The lowest BCUT2D eigenvalue weighted by Crippen LogP contribution is -2.45. The molecule has 92 valence electrons. The predicted octanol–water partition coefficient (Wildman–Crippen LogP) is 0.0609. The molecular formula is C10H18N2O3S. The summed E-state index contributed by atoms with van der Waals surface area (Å²) >= 11 is 1.57. The number of rotatable bonds is 8. The van der Waals surface area contributed by atoms with Gasteiger partial charge in [0.05, 0.1) is 6.54 Å². The molecule has 1 atom stereocenters. The molecule has 0 aromatic rings. The Morgan fingerprint density at radius 3 is 2.69 bits per heavy atom. The molecule has 1 amide bonds. The Morgan fingerprint density at radius 2 is 2.19 bits per heavy atom. The van der Waals surface area contributed by atoms with Crippen molar-refractivity contribution < 1.29 is 14.7 Å². The fourth-order valence-corrected chi connectivity index (χ4v) is 1.73. The van der Waals surface area contributed by atoms with Crippen LogP contribution in [0.1, 0.15) is 19.3 Å². The number of carbonyl (C=O) groups is 2. The van der Waals surface area contributed by atoms with E-state index in [4.69, 9.17) is 5.11 Å². The van der Waals surface area contributed by atoms with Crippen molar-refractivity contribution in [1.29, 1.82) is 0 Å². The molecular weight excluding hydrogens is 228 g/mol. The van der Waals surface area contributed by atoms with Gasteiger partial charge in [-0.25, -0.2) is 4.79 Å². The minimum Gasteiger partial charge on any atom is -0.480 e. The van der Waals surface area contributed by atoms with Crippen LogP contribution in [0.15, 0.2) is 0 Å². The van der Waals surface area contributed by atoms with Crippen molar-refractivity contribution in [3.8, 4) is 0 Å². The van der Waals surface area contributed by atoms with Crippen molar-refractivity contribution in [2.75, 3.05) is 18.6 Å². The minimum atomic E-state index is -0.964. The van der Waals surface area contributed by atoms with Gasteiger partial charge in [0.25, 0.3) is 0 Å². The van der Waals surface area contributed by atoms with E-state index in [-0.39, 0.29) is 12.5 Å². The number of thioether (sulfide) groups is 1. The molecule has 0 bridgehead atoms. The number of hydrogen-bond acceptors (Lipinski definition) is 4. The Morgan fingerprint density at radius 1 is 1.50 bits per heavy atom. The fourth-order valence-electron chi connectivity index (χ4n) is 1.26. The Balaban J connectivity index is 2.22. The largest absolute Gasteiger partial charge is 0.480 e. The van der Waals surface area contributed by atoms with E-state index in [1.165, 1.54) is 0 Å². The van der Waals surface area contributed by atoms with Crippen LogP contribution in [0.5, 0.6) is 0 Å². The molecule has 1 aliphatic carbocycles. The zero-order valence-electron chi connectivity index (χ0n) is 9.36. The molecule has 1 saturated carbocycles. The van der Waals surface area contributed by atoms with E-state index in [1.54, 1.807) is 11.8 Å². The number of carboxylic acid groups (broad SMARTS) is 1. The van der Waals surface area contributed by atoms with Crippen LogP contribution in [0.25, 0.3) is 0 Å². The van der Waals surface area contributed by atoms with Crippen molar-refractivity contribution in [3.63, 3.8) is 0 Å². The molecule has 0 aromatic heterocycles. The topological polar surface area (TPSA) is 78.4 Å². The second-order valence-corrected chi connectivity index (χ2v) is 4.88. The molecule has 1 fully saturated rings. The number of aliphatic carboxylic acids is 1. The van der Waals surface area contributed by atoms with Crippen molar-refractivity contribution in [1.82, 2.24) is 10.6 Å². The van der Waals surface area contributed by atoms with Gasteiger partial charge in [0.2, 0.25) is 5.91 Å². The Kier molecular flexibility index (Phi) is 5.62. The van der Waals surface area contributed by atoms with Crippen molar-refractivity contribution >= 4 is 23.6 Å². The molecule has 0 radical (unpaired) electrons. The molecule has 6 heteroatoms. The van der Waals surface area contributed by atoms with Crippen LogP contribution in [0.4, 0.5) is 0 Å². The summed E-state index contributed by atoms with van der Waals surface area (Å²) in [7, 11) is 0. The first kappa shape index (κ1) is 13.3. The normalized spacial score (nSPS) is 16.8. The van der Waals surface area contributed by atoms with E-state index >= 15 is 0 Å². The average Bonchev–Trinajstić information content (AvgIpc) is 3.04. The summed E-state index contributed by atoms with van der Waals surface area (Å²) < 4.78 is 0. The zero-order chi connectivity index (χ0) is 12.0. The quantitative estimate of drug-likeness (QED) is 0.564. The lowest BCUT2D eigenvalue weighted by atomic mass is 10.2. The van der Waals surface area contributed by atoms with Gasteiger partial charge in [-0.1, -0.05) is 0 Å². The van der Waals surface area contributed by atoms with Gasteiger partial charge < -0.3 is 15.7 Å². The van der Waals surface area contributed by atoms with E-state index in [0.29, 0.717) is 12.5 Å². The number of carboxylic acids is 1. The number of hydrogen-bond donors (Lipinski definition) is 3. The highest BCUT2D eigenvalue weighted by atomic mass is 32.2. The average molecular weight is 246 g/mol. The van der Waals surface area contributed by atoms with E-state index in [9.17, 15) is 9.59 Å². The lowest BCUT2D eigenvalue weighted by molar-refractivity contribution is -0.141.